The lowest BCUT2D eigenvalue weighted by Gasteiger charge is -2.03. The van der Waals surface area contributed by atoms with Crippen molar-refractivity contribution in [1.29, 1.82) is 0 Å². The molecular weight excluding hydrogens is 150 g/mol. The molecule has 1 rings (SSSR count). The Labute approximate surface area is 75.7 Å². The second kappa shape index (κ2) is 6.44. The van der Waals surface area contributed by atoms with Gasteiger partial charge in [0.2, 0.25) is 0 Å². The minimum Gasteiger partial charge on any atom is -0.382 e. The predicted octanol–water partition coefficient (Wildman–Crippen LogP) is 1.80. The molecule has 2 nitrogen and oxygen atoms in total. The molecule has 0 aromatic heterocycles. The van der Waals surface area contributed by atoms with Crippen molar-refractivity contribution in [3.8, 4) is 0 Å². The van der Waals surface area contributed by atoms with Crippen LogP contribution in [0.15, 0.2) is 0 Å². The van der Waals surface area contributed by atoms with Gasteiger partial charge in [0.25, 0.3) is 0 Å². The second-order valence-electron chi connectivity index (χ2n) is 3.53. The van der Waals surface area contributed by atoms with E-state index in [1.807, 2.05) is 6.92 Å². The predicted molar refractivity (Wildman–Crippen MR) is 51.3 cm³/mol. The Bertz CT molecular complexity index is 102. The maximum Gasteiger partial charge on any atom is 0.0477 e. The highest BCUT2D eigenvalue weighted by Crippen LogP contribution is 2.31. The fraction of sp³-hybridized carbons (Fsp3) is 1.00. The van der Waals surface area contributed by atoms with Crippen LogP contribution in [0.3, 0.4) is 0 Å². The van der Waals surface area contributed by atoms with E-state index in [1.165, 1.54) is 25.8 Å². The Morgan fingerprint density at radius 2 is 2.17 bits per heavy atom. The molecule has 0 saturated heterocycles. The molecule has 1 aliphatic rings. The molecule has 0 unspecified atom stereocenters. The molecule has 0 amide bonds. The Balaban J connectivity index is 1.65. The van der Waals surface area contributed by atoms with Crippen LogP contribution in [0, 0.1) is 5.92 Å². The van der Waals surface area contributed by atoms with Crippen LogP contribution in [0.5, 0.6) is 0 Å². The van der Waals surface area contributed by atoms with Gasteiger partial charge in [-0.1, -0.05) is 12.8 Å². The Hall–Kier alpha value is -0.0800. The lowest BCUT2D eigenvalue weighted by Crippen LogP contribution is -2.18. The molecule has 1 saturated carbocycles. The fourth-order valence-electron chi connectivity index (χ4n) is 1.28. The summed E-state index contributed by atoms with van der Waals surface area (Å²) in [7, 11) is 0. The van der Waals surface area contributed by atoms with Crippen molar-refractivity contribution >= 4 is 0 Å². The summed E-state index contributed by atoms with van der Waals surface area (Å²) in [5, 5.41) is 3.44. The molecule has 0 aromatic rings. The van der Waals surface area contributed by atoms with Crippen molar-refractivity contribution < 1.29 is 4.74 Å². The van der Waals surface area contributed by atoms with Crippen LogP contribution in [0.2, 0.25) is 0 Å². The molecule has 0 atom stereocenters. The first-order valence-electron chi connectivity index (χ1n) is 5.22. The topological polar surface area (TPSA) is 21.3 Å². The van der Waals surface area contributed by atoms with Crippen LogP contribution in [-0.4, -0.2) is 26.3 Å². The minimum absolute atomic E-state index is 0.849. The van der Waals surface area contributed by atoms with Crippen molar-refractivity contribution in [1.82, 2.24) is 5.32 Å². The monoisotopic (exact) mass is 171 g/mol. The van der Waals surface area contributed by atoms with Crippen molar-refractivity contribution in [2.45, 2.75) is 32.6 Å². The summed E-state index contributed by atoms with van der Waals surface area (Å²) in [5.74, 6) is 1.06. The second-order valence-corrected chi connectivity index (χ2v) is 3.53. The summed E-state index contributed by atoms with van der Waals surface area (Å²) in [6.07, 6.45) is 5.48. The first-order valence-corrected chi connectivity index (χ1v) is 5.22. The zero-order chi connectivity index (χ0) is 8.65. The molecule has 1 N–H and O–H groups in total. The average Bonchev–Trinajstić information content (AvgIpc) is 2.87. The molecule has 1 fully saturated rings. The van der Waals surface area contributed by atoms with E-state index < -0.39 is 0 Å². The largest absolute Gasteiger partial charge is 0.382 e. The van der Waals surface area contributed by atoms with Gasteiger partial charge in [0.05, 0.1) is 0 Å². The summed E-state index contributed by atoms with van der Waals surface area (Å²) < 4.78 is 5.23. The first-order chi connectivity index (χ1) is 5.93. The molecule has 0 spiro atoms. The summed E-state index contributed by atoms with van der Waals surface area (Å²) in [6.45, 7) is 6.12. The number of hydrogen-bond donors (Lipinski definition) is 1. The van der Waals surface area contributed by atoms with E-state index in [2.05, 4.69) is 5.32 Å². The first kappa shape index (κ1) is 10.0. The SMILES string of the molecule is CCOCCCNCCC1CC1. The van der Waals surface area contributed by atoms with Gasteiger partial charge in [0, 0.05) is 13.2 Å². The zero-order valence-corrected chi connectivity index (χ0v) is 8.14. The number of rotatable bonds is 8. The highest BCUT2D eigenvalue weighted by atomic mass is 16.5. The normalized spacial score (nSPS) is 16.8. The lowest BCUT2D eigenvalue weighted by atomic mass is 10.3. The van der Waals surface area contributed by atoms with E-state index >= 15 is 0 Å². The number of ether oxygens (including phenoxy) is 1. The van der Waals surface area contributed by atoms with Crippen LogP contribution in [-0.2, 0) is 4.74 Å². The van der Waals surface area contributed by atoms with Crippen molar-refractivity contribution in [2.24, 2.45) is 5.92 Å². The molecule has 0 bridgehead atoms. The fourth-order valence-corrected chi connectivity index (χ4v) is 1.28. The molecule has 2 heteroatoms. The van der Waals surface area contributed by atoms with E-state index in [0.29, 0.717) is 0 Å². The van der Waals surface area contributed by atoms with Gasteiger partial charge >= 0.3 is 0 Å². The Morgan fingerprint density at radius 3 is 2.83 bits per heavy atom. The minimum atomic E-state index is 0.849. The Kier molecular flexibility index (Phi) is 5.37. The number of nitrogens with one attached hydrogen (secondary N) is 1. The third kappa shape index (κ3) is 5.56. The van der Waals surface area contributed by atoms with E-state index in [0.717, 1.165) is 32.1 Å². The Morgan fingerprint density at radius 1 is 1.33 bits per heavy atom. The molecule has 0 radical (unpaired) electrons. The van der Waals surface area contributed by atoms with Crippen molar-refractivity contribution in [3.05, 3.63) is 0 Å². The van der Waals surface area contributed by atoms with Gasteiger partial charge in [-0.2, -0.15) is 0 Å². The standard InChI is InChI=1S/C10H21NO/c1-2-12-9-3-7-11-8-6-10-4-5-10/h10-11H,2-9H2,1H3. The summed E-state index contributed by atoms with van der Waals surface area (Å²) >= 11 is 0. The molecular formula is C10H21NO. The molecule has 0 aromatic carbocycles. The van der Waals surface area contributed by atoms with Crippen LogP contribution in [0.25, 0.3) is 0 Å². The molecule has 1 aliphatic carbocycles. The van der Waals surface area contributed by atoms with Gasteiger partial charge in [-0.05, 0) is 38.8 Å². The van der Waals surface area contributed by atoms with Gasteiger partial charge in [-0.3, -0.25) is 0 Å². The van der Waals surface area contributed by atoms with Gasteiger partial charge < -0.3 is 10.1 Å². The maximum absolute atomic E-state index is 5.23. The van der Waals surface area contributed by atoms with Crippen LogP contribution < -0.4 is 5.32 Å². The highest BCUT2D eigenvalue weighted by molar-refractivity contribution is 4.73. The lowest BCUT2D eigenvalue weighted by molar-refractivity contribution is 0.145. The van der Waals surface area contributed by atoms with E-state index in [4.69, 9.17) is 4.74 Å². The van der Waals surface area contributed by atoms with E-state index in [9.17, 15) is 0 Å². The summed E-state index contributed by atoms with van der Waals surface area (Å²) in [4.78, 5) is 0. The molecule has 0 heterocycles. The average molecular weight is 171 g/mol. The zero-order valence-electron chi connectivity index (χ0n) is 8.14. The smallest absolute Gasteiger partial charge is 0.0477 e. The van der Waals surface area contributed by atoms with Gasteiger partial charge in [0.15, 0.2) is 0 Å². The summed E-state index contributed by atoms with van der Waals surface area (Å²) in [5.41, 5.74) is 0. The molecule has 0 aliphatic heterocycles. The third-order valence-corrected chi connectivity index (χ3v) is 2.27. The van der Waals surface area contributed by atoms with Crippen LogP contribution >= 0.6 is 0 Å². The van der Waals surface area contributed by atoms with Crippen LogP contribution in [0.4, 0.5) is 0 Å². The van der Waals surface area contributed by atoms with Gasteiger partial charge in [-0.15, -0.1) is 0 Å². The van der Waals surface area contributed by atoms with Crippen molar-refractivity contribution in [3.63, 3.8) is 0 Å². The molecule has 72 valence electrons. The van der Waals surface area contributed by atoms with E-state index in [1.54, 1.807) is 0 Å². The maximum atomic E-state index is 5.23. The van der Waals surface area contributed by atoms with E-state index in [-0.39, 0.29) is 0 Å². The summed E-state index contributed by atoms with van der Waals surface area (Å²) in [6, 6.07) is 0. The third-order valence-electron chi connectivity index (χ3n) is 2.27. The van der Waals surface area contributed by atoms with Gasteiger partial charge in [0.1, 0.15) is 0 Å². The van der Waals surface area contributed by atoms with Crippen LogP contribution in [0.1, 0.15) is 32.6 Å². The number of hydrogen-bond acceptors (Lipinski definition) is 2. The quantitative estimate of drug-likeness (QED) is 0.562. The van der Waals surface area contributed by atoms with Crippen molar-refractivity contribution in [2.75, 3.05) is 26.3 Å². The van der Waals surface area contributed by atoms with Gasteiger partial charge in [-0.25, -0.2) is 0 Å². The molecule has 12 heavy (non-hydrogen) atoms. The highest BCUT2D eigenvalue weighted by Gasteiger charge is 2.19.